The first kappa shape index (κ1) is 10.1. The van der Waals surface area contributed by atoms with E-state index in [1.807, 2.05) is 19.1 Å². The van der Waals surface area contributed by atoms with Crippen molar-refractivity contribution in [2.24, 2.45) is 5.73 Å². The summed E-state index contributed by atoms with van der Waals surface area (Å²) in [5, 5.41) is 9.61. The molecule has 2 heteroatoms. The van der Waals surface area contributed by atoms with Gasteiger partial charge in [0.25, 0.3) is 0 Å². The van der Waals surface area contributed by atoms with E-state index in [9.17, 15) is 5.11 Å². The minimum Gasteiger partial charge on any atom is -0.508 e. The maximum absolute atomic E-state index is 9.61. The van der Waals surface area contributed by atoms with Crippen LogP contribution in [0.4, 0.5) is 0 Å². The average molecular weight is 179 g/mol. The van der Waals surface area contributed by atoms with E-state index in [-0.39, 0.29) is 6.04 Å². The molecule has 13 heavy (non-hydrogen) atoms. The predicted molar refractivity (Wildman–Crippen MR) is 54.7 cm³/mol. The molecule has 3 N–H and O–H groups in total. The first-order chi connectivity index (χ1) is 6.15. The molecule has 1 atom stereocenters. The lowest BCUT2D eigenvalue weighted by atomic mass is 10.0. The van der Waals surface area contributed by atoms with Gasteiger partial charge in [-0.2, -0.15) is 0 Å². The minimum atomic E-state index is -0.0365. The van der Waals surface area contributed by atoms with Gasteiger partial charge in [-0.1, -0.05) is 25.5 Å². The Hall–Kier alpha value is -1.02. The second-order valence-electron chi connectivity index (χ2n) is 3.46. The molecular formula is C11H17NO. The van der Waals surface area contributed by atoms with E-state index in [4.69, 9.17) is 5.73 Å². The second-order valence-corrected chi connectivity index (χ2v) is 3.46. The zero-order chi connectivity index (χ0) is 9.84. The minimum absolute atomic E-state index is 0.0365. The summed E-state index contributed by atoms with van der Waals surface area (Å²) < 4.78 is 0. The summed E-state index contributed by atoms with van der Waals surface area (Å²) in [6.07, 6.45) is 1.95. The molecule has 0 aliphatic carbocycles. The molecule has 0 radical (unpaired) electrons. The molecule has 1 aromatic rings. The van der Waals surface area contributed by atoms with Crippen LogP contribution in [0.5, 0.6) is 5.75 Å². The number of aromatic hydroxyl groups is 1. The van der Waals surface area contributed by atoms with Crippen LogP contribution < -0.4 is 5.73 Å². The van der Waals surface area contributed by atoms with Crippen LogP contribution in [0, 0.1) is 6.92 Å². The third-order valence-electron chi connectivity index (χ3n) is 2.19. The van der Waals surface area contributed by atoms with E-state index < -0.39 is 0 Å². The fourth-order valence-electron chi connectivity index (χ4n) is 1.43. The molecule has 2 nitrogen and oxygen atoms in total. The number of benzene rings is 1. The van der Waals surface area contributed by atoms with Crippen LogP contribution in [0.15, 0.2) is 18.2 Å². The highest BCUT2D eigenvalue weighted by Crippen LogP contribution is 2.26. The summed E-state index contributed by atoms with van der Waals surface area (Å²) in [6.45, 7) is 4.04. The molecule has 72 valence electrons. The number of phenolic OH excluding ortho intramolecular Hbond substituents is 1. The van der Waals surface area contributed by atoms with Crippen LogP contribution in [0.25, 0.3) is 0 Å². The van der Waals surface area contributed by atoms with Crippen LogP contribution in [0.2, 0.25) is 0 Å². The van der Waals surface area contributed by atoms with Crippen LogP contribution in [0.1, 0.15) is 36.9 Å². The molecular weight excluding hydrogens is 162 g/mol. The molecule has 0 amide bonds. The number of rotatable bonds is 3. The lowest BCUT2D eigenvalue weighted by Gasteiger charge is -2.12. The maximum Gasteiger partial charge on any atom is 0.120 e. The Morgan fingerprint density at radius 1 is 1.46 bits per heavy atom. The van der Waals surface area contributed by atoms with Gasteiger partial charge in [-0.15, -0.1) is 0 Å². The SMILES string of the molecule is CCCC(N)c1ccc(C)cc1O. The summed E-state index contributed by atoms with van der Waals surface area (Å²) in [7, 11) is 0. The van der Waals surface area contributed by atoms with Crippen LogP contribution in [-0.2, 0) is 0 Å². The van der Waals surface area contributed by atoms with Crippen molar-refractivity contribution in [2.45, 2.75) is 32.7 Å². The third-order valence-corrected chi connectivity index (χ3v) is 2.19. The van der Waals surface area contributed by atoms with E-state index >= 15 is 0 Å². The van der Waals surface area contributed by atoms with E-state index in [0.29, 0.717) is 5.75 Å². The van der Waals surface area contributed by atoms with Gasteiger partial charge in [0.15, 0.2) is 0 Å². The Morgan fingerprint density at radius 3 is 2.69 bits per heavy atom. The molecule has 0 spiro atoms. The van der Waals surface area contributed by atoms with Gasteiger partial charge >= 0.3 is 0 Å². The molecule has 1 unspecified atom stereocenters. The summed E-state index contributed by atoms with van der Waals surface area (Å²) in [6, 6.07) is 5.60. The Kier molecular flexibility index (Phi) is 3.32. The molecule has 0 aliphatic heterocycles. The quantitative estimate of drug-likeness (QED) is 0.748. The van der Waals surface area contributed by atoms with Crippen molar-refractivity contribution in [1.29, 1.82) is 0 Å². The number of nitrogens with two attached hydrogens (primary N) is 1. The highest BCUT2D eigenvalue weighted by molar-refractivity contribution is 5.37. The highest BCUT2D eigenvalue weighted by Gasteiger charge is 2.09. The molecule has 0 fully saturated rings. The van der Waals surface area contributed by atoms with E-state index in [1.165, 1.54) is 0 Å². The summed E-state index contributed by atoms with van der Waals surface area (Å²) in [5.41, 5.74) is 7.81. The lowest BCUT2D eigenvalue weighted by Crippen LogP contribution is -2.09. The Morgan fingerprint density at radius 2 is 2.15 bits per heavy atom. The molecule has 1 rings (SSSR count). The van der Waals surface area contributed by atoms with E-state index in [2.05, 4.69) is 6.92 Å². The number of hydrogen-bond donors (Lipinski definition) is 2. The summed E-state index contributed by atoms with van der Waals surface area (Å²) in [4.78, 5) is 0. The average Bonchev–Trinajstić information content (AvgIpc) is 2.04. The zero-order valence-electron chi connectivity index (χ0n) is 8.25. The van der Waals surface area contributed by atoms with Gasteiger partial charge in [0.05, 0.1) is 0 Å². The zero-order valence-corrected chi connectivity index (χ0v) is 8.25. The number of phenols is 1. The summed E-state index contributed by atoms with van der Waals surface area (Å²) >= 11 is 0. The van der Waals surface area contributed by atoms with Crippen LogP contribution in [0.3, 0.4) is 0 Å². The van der Waals surface area contributed by atoms with Crippen molar-refractivity contribution in [1.82, 2.24) is 0 Å². The normalized spacial score (nSPS) is 12.8. The smallest absolute Gasteiger partial charge is 0.120 e. The van der Waals surface area contributed by atoms with Crippen molar-refractivity contribution in [3.63, 3.8) is 0 Å². The van der Waals surface area contributed by atoms with Gasteiger partial charge in [0.1, 0.15) is 5.75 Å². The first-order valence-corrected chi connectivity index (χ1v) is 4.70. The molecule has 0 aliphatic rings. The predicted octanol–water partition coefficient (Wildman–Crippen LogP) is 2.50. The van der Waals surface area contributed by atoms with Gasteiger partial charge in [-0.3, -0.25) is 0 Å². The maximum atomic E-state index is 9.61. The van der Waals surface area contributed by atoms with Crippen molar-refractivity contribution >= 4 is 0 Å². The number of aryl methyl sites for hydroxylation is 1. The van der Waals surface area contributed by atoms with Gasteiger partial charge < -0.3 is 10.8 Å². The van der Waals surface area contributed by atoms with Crippen molar-refractivity contribution in [3.8, 4) is 5.75 Å². The second kappa shape index (κ2) is 4.28. The Labute approximate surface area is 79.4 Å². The molecule has 0 saturated carbocycles. The molecule has 0 heterocycles. The van der Waals surface area contributed by atoms with Crippen molar-refractivity contribution in [2.75, 3.05) is 0 Å². The topological polar surface area (TPSA) is 46.2 Å². The fraction of sp³-hybridized carbons (Fsp3) is 0.455. The largest absolute Gasteiger partial charge is 0.508 e. The molecule has 0 bridgehead atoms. The summed E-state index contributed by atoms with van der Waals surface area (Å²) in [5.74, 6) is 0.320. The Bertz CT molecular complexity index is 283. The van der Waals surface area contributed by atoms with E-state index in [0.717, 1.165) is 24.0 Å². The standard InChI is InChI=1S/C11H17NO/c1-3-4-10(12)9-6-5-8(2)7-11(9)13/h5-7,10,13H,3-4,12H2,1-2H3. The van der Waals surface area contributed by atoms with Crippen LogP contribution in [-0.4, -0.2) is 5.11 Å². The third kappa shape index (κ3) is 2.46. The molecule has 0 aromatic heterocycles. The monoisotopic (exact) mass is 179 g/mol. The molecule has 0 saturated heterocycles. The lowest BCUT2D eigenvalue weighted by molar-refractivity contribution is 0.457. The van der Waals surface area contributed by atoms with Gasteiger partial charge in [-0.25, -0.2) is 0 Å². The van der Waals surface area contributed by atoms with Crippen LogP contribution >= 0.6 is 0 Å². The fourth-order valence-corrected chi connectivity index (χ4v) is 1.43. The Balaban J connectivity index is 2.88. The molecule has 1 aromatic carbocycles. The van der Waals surface area contributed by atoms with Crippen molar-refractivity contribution in [3.05, 3.63) is 29.3 Å². The van der Waals surface area contributed by atoms with Gasteiger partial charge in [0.2, 0.25) is 0 Å². The van der Waals surface area contributed by atoms with Gasteiger partial charge in [-0.05, 0) is 25.0 Å². The van der Waals surface area contributed by atoms with Gasteiger partial charge in [0, 0.05) is 11.6 Å². The van der Waals surface area contributed by atoms with E-state index in [1.54, 1.807) is 6.07 Å². The number of hydrogen-bond acceptors (Lipinski definition) is 2. The van der Waals surface area contributed by atoms with Crippen molar-refractivity contribution < 1.29 is 5.11 Å². The highest BCUT2D eigenvalue weighted by atomic mass is 16.3. The first-order valence-electron chi connectivity index (χ1n) is 4.70.